The monoisotopic (exact) mass is 339 g/mol. The van der Waals surface area contributed by atoms with E-state index in [4.69, 9.17) is 5.73 Å². The van der Waals surface area contributed by atoms with Crippen molar-refractivity contribution in [3.8, 4) is 0 Å². The summed E-state index contributed by atoms with van der Waals surface area (Å²) in [5, 5.41) is 3.00. The summed E-state index contributed by atoms with van der Waals surface area (Å²) in [6.07, 6.45) is 1.12. The molecule has 0 atom stereocenters. The second kappa shape index (κ2) is 9.84. The Bertz CT molecular complexity index is 680. The number of carbonyl (C=O) groups is 1. The summed E-state index contributed by atoms with van der Waals surface area (Å²) in [4.78, 5) is 14.5. The summed E-state index contributed by atoms with van der Waals surface area (Å²) < 4.78 is 0. The van der Waals surface area contributed by atoms with Crippen molar-refractivity contribution in [2.75, 3.05) is 18.8 Å². The molecule has 0 aliphatic heterocycles. The molecule has 0 fully saturated rings. The van der Waals surface area contributed by atoms with Crippen LogP contribution in [0.2, 0.25) is 0 Å². The van der Waals surface area contributed by atoms with E-state index in [0.29, 0.717) is 19.4 Å². The van der Waals surface area contributed by atoms with Gasteiger partial charge in [-0.15, -0.1) is 0 Å². The third-order valence-corrected chi connectivity index (χ3v) is 4.46. The molecule has 0 aromatic heterocycles. The second-order valence-electron chi connectivity index (χ2n) is 6.26. The Hall–Kier alpha value is -2.33. The van der Waals surface area contributed by atoms with Crippen molar-refractivity contribution >= 4 is 11.6 Å². The number of nitrogens with zero attached hydrogens (tertiary/aromatic N) is 1. The van der Waals surface area contributed by atoms with Crippen LogP contribution in [0.3, 0.4) is 0 Å². The van der Waals surface area contributed by atoms with Crippen LogP contribution in [-0.2, 0) is 24.3 Å². The predicted molar refractivity (Wildman–Crippen MR) is 104 cm³/mol. The lowest BCUT2D eigenvalue weighted by molar-refractivity contribution is -0.121. The summed E-state index contributed by atoms with van der Waals surface area (Å²) in [6.45, 7) is 7.94. The van der Waals surface area contributed by atoms with E-state index in [2.05, 4.69) is 48.3 Å². The van der Waals surface area contributed by atoms with E-state index in [9.17, 15) is 4.79 Å². The molecule has 0 spiro atoms. The van der Waals surface area contributed by atoms with E-state index in [0.717, 1.165) is 36.4 Å². The highest BCUT2D eigenvalue weighted by Crippen LogP contribution is 2.13. The minimum Gasteiger partial charge on any atom is -0.399 e. The van der Waals surface area contributed by atoms with Crippen LogP contribution < -0.4 is 11.1 Å². The highest BCUT2D eigenvalue weighted by Gasteiger charge is 2.06. The van der Waals surface area contributed by atoms with Crippen molar-refractivity contribution in [2.24, 2.45) is 0 Å². The fourth-order valence-corrected chi connectivity index (χ4v) is 2.84. The summed E-state index contributed by atoms with van der Waals surface area (Å²) in [5.74, 6) is 0.0531. The van der Waals surface area contributed by atoms with E-state index in [-0.39, 0.29) is 5.91 Å². The fourth-order valence-electron chi connectivity index (χ4n) is 2.84. The van der Waals surface area contributed by atoms with Gasteiger partial charge in [0.2, 0.25) is 5.91 Å². The molecule has 0 saturated carbocycles. The first-order chi connectivity index (χ1) is 12.1. The van der Waals surface area contributed by atoms with E-state index in [1.807, 2.05) is 24.3 Å². The molecule has 1 amide bonds. The smallest absolute Gasteiger partial charge is 0.220 e. The Kier molecular flexibility index (Phi) is 7.48. The average Bonchev–Trinajstić information content (AvgIpc) is 2.64. The van der Waals surface area contributed by atoms with Gasteiger partial charge in [0.1, 0.15) is 0 Å². The van der Waals surface area contributed by atoms with Crippen molar-refractivity contribution in [3.63, 3.8) is 0 Å². The van der Waals surface area contributed by atoms with Crippen LogP contribution in [0.15, 0.2) is 48.5 Å². The fraction of sp³-hybridized carbons (Fsp3) is 0.381. The standard InChI is InChI=1S/C21H29N3O/c1-3-24(4-2)16-18-9-7-8-17(14-18)15-23-21(25)13-12-19-10-5-6-11-20(19)22/h5-11,14H,3-4,12-13,15-16,22H2,1-2H3,(H,23,25). The normalized spacial score (nSPS) is 10.8. The molecule has 134 valence electrons. The van der Waals surface area contributed by atoms with Gasteiger partial charge >= 0.3 is 0 Å². The second-order valence-corrected chi connectivity index (χ2v) is 6.26. The predicted octanol–water partition coefficient (Wildman–Crippen LogP) is 3.36. The van der Waals surface area contributed by atoms with Gasteiger partial charge in [-0.05, 0) is 42.3 Å². The molecule has 2 rings (SSSR count). The molecule has 0 saturated heterocycles. The van der Waals surface area contributed by atoms with E-state index >= 15 is 0 Å². The van der Waals surface area contributed by atoms with Crippen LogP contribution in [0.4, 0.5) is 5.69 Å². The summed E-state index contributed by atoms with van der Waals surface area (Å²) >= 11 is 0. The maximum absolute atomic E-state index is 12.1. The lowest BCUT2D eigenvalue weighted by Gasteiger charge is -2.18. The number of amides is 1. The van der Waals surface area contributed by atoms with Gasteiger partial charge in [-0.25, -0.2) is 0 Å². The quantitative estimate of drug-likeness (QED) is 0.689. The van der Waals surface area contributed by atoms with Crippen molar-refractivity contribution in [3.05, 3.63) is 65.2 Å². The Labute approximate surface area is 151 Å². The first-order valence-corrected chi connectivity index (χ1v) is 9.02. The maximum Gasteiger partial charge on any atom is 0.220 e. The highest BCUT2D eigenvalue weighted by molar-refractivity contribution is 5.76. The van der Waals surface area contributed by atoms with E-state index in [1.165, 1.54) is 5.56 Å². The van der Waals surface area contributed by atoms with Crippen molar-refractivity contribution in [1.29, 1.82) is 0 Å². The number of anilines is 1. The molecule has 0 aliphatic carbocycles. The number of hydrogen-bond donors (Lipinski definition) is 2. The van der Waals surface area contributed by atoms with Crippen molar-refractivity contribution < 1.29 is 4.79 Å². The number of hydrogen-bond acceptors (Lipinski definition) is 3. The van der Waals surface area contributed by atoms with Gasteiger partial charge in [-0.1, -0.05) is 56.3 Å². The van der Waals surface area contributed by atoms with Crippen LogP contribution >= 0.6 is 0 Å². The van der Waals surface area contributed by atoms with Gasteiger partial charge in [-0.2, -0.15) is 0 Å². The van der Waals surface area contributed by atoms with Crippen LogP contribution in [0.5, 0.6) is 0 Å². The first-order valence-electron chi connectivity index (χ1n) is 9.02. The number of nitrogens with two attached hydrogens (primary N) is 1. The highest BCUT2D eigenvalue weighted by atomic mass is 16.1. The number of nitrogen functional groups attached to an aromatic ring is 1. The minimum atomic E-state index is 0.0531. The van der Waals surface area contributed by atoms with Gasteiger partial charge in [0.15, 0.2) is 0 Å². The lowest BCUT2D eigenvalue weighted by atomic mass is 10.1. The summed E-state index contributed by atoms with van der Waals surface area (Å²) in [6, 6.07) is 16.1. The number of rotatable bonds is 9. The molecule has 0 radical (unpaired) electrons. The van der Waals surface area contributed by atoms with Crippen LogP contribution in [-0.4, -0.2) is 23.9 Å². The lowest BCUT2D eigenvalue weighted by Crippen LogP contribution is -2.24. The molecular formula is C21H29N3O. The number of aryl methyl sites for hydroxylation is 1. The zero-order chi connectivity index (χ0) is 18.1. The van der Waals surface area contributed by atoms with Gasteiger partial charge in [0.25, 0.3) is 0 Å². The molecule has 4 heteroatoms. The molecule has 0 unspecified atom stereocenters. The Morgan fingerprint density at radius 2 is 1.76 bits per heavy atom. The zero-order valence-electron chi connectivity index (χ0n) is 15.3. The summed E-state index contributed by atoms with van der Waals surface area (Å²) in [5.41, 5.74) is 10.1. The maximum atomic E-state index is 12.1. The number of carbonyl (C=O) groups excluding carboxylic acids is 1. The van der Waals surface area contributed by atoms with E-state index in [1.54, 1.807) is 0 Å². The largest absolute Gasteiger partial charge is 0.399 e. The molecule has 2 aromatic rings. The molecule has 25 heavy (non-hydrogen) atoms. The zero-order valence-corrected chi connectivity index (χ0v) is 15.3. The molecule has 0 heterocycles. The first kappa shape index (κ1) is 19.0. The molecule has 2 aromatic carbocycles. The van der Waals surface area contributed by atoms with Gasteiger partial charge in [0.05, 0.1) is 0 Å². The Morgan fingerprint density at radius 3 is 2.48 bits per heavy atom. The SMILES string of the molecule is CCN(CC)Cc1cccc(CNC(=O)CCc2ccccc2N)c1. The Morgan fingerprint density at radius 1 is 1.04 bits per heavy atom. The van der Waals surface area contributed by atoms with Crippen molar-refractivity contribution in [1.82, 2.24) is 10.2 Å². The third kappa shape index (κ3) is 6.24. The Balaban J connectivity index is 1.82. The van der Waals surface area contributed by atoms with Gasteiger partial charge < -0.3 is 11.1 Å². The molecule has 4 nitrogen and oxygen atoms in total. The topological polar surface area (TPSA) is 58.4 Å². The summed E-state index contributed by atoms with van der Waals surface area (Å²) in [7, 11) is 0. The minimum absolute atomic E-state index is 0.0531. The average molecular weight is 339 g/mol. The van der Waals surface area contributed by atoms with Crippen LogP contribution in [0.25, 0.3) is 0 Å². The molecule has 3 N–H and O–H groups in total. The number of benzene rings is 2. The number of nitrogens with one attached hydrogen (secondary N) is 1. The molecular weight excluding hydrogens is 310 g/mol. The molecule has 0 bridgehead atoms. The van der Waals surface area contributed by atoms with Crippen LogP contribution in [0, 0.1) is 0 Å². The van der Waals surface area contributed by atoms with Gasteiger partial charge in [-0.3, -0.25) is 9.69 Å². The molecule has 0 aliphatic rings. The third-order valence-electron chi connectivity index (χ3n) is 4.46. The van der Waals surface area contributed by atoms with E-state index < -0.39 is 0 Å². The van der Waals surface area contributed by atoms with Crippen LogP contribution in [0.1, 0.15) is 37.0 Å². The van der Waals surface area contributed by atoms with Crippen molar-refractivity contribution in [2.45, 2.75) is 39.8 Å². The number of para-hydroxylation sites is 1. The van der Waals surface area contributed by atoms with Gasteiger partial charge in [0, 0.05) is 25.2 Å².